The van der Waals surface area contributed by atoms with Gasteiger partial charge in [0.25, 0.3) is 11.1 Å². The summed E-state index contributed by atoms with van der Waals surface area (Å²) in [6.45, 7) is 0. The molecule has 16 nitrogen and oxygen atoms in total. The number of hydrogen-bond donors (Lipinski definition) is 4. The number of Topliss-reactive ketones (excluding diaryl/α,β-unsaturated/α-hetero) is 2. The Balaban J connectivity index is 0.989. The highest BCUT2D eigenvalue weighted by atomic mass is 16.2. The molecule has 0 aliphatic rings. The van der Waals surface area contributed by atoms with Gasteiger partial charge in [0.15, 0.2) is 11.6 Å². The molecule has 0 fully saturated rings. The first-order valence-electron chi connectivity index (χ1n) is 17.8. The summed E-state index contributed by atoms with van der Waals surface area (Å²) in [6.07, 6.45) is -0.213. The molecule has 0 saturated heterocycles. The van der Waals surface area contributed by atoms with Crippen molar-refractivity contribution in [1.82, 2.24) is 19.1 Å². The van der Waals surface area contributed by atoms with Gasteiger partial charge in [0, 0.05) is 73.0 Å². The first-order valence-corrected chi connectivity index (χ1v) is 17.8. The van der Waals surface area contributed by atoms with Gasteiger partial charge in [-0.1, -0.05) is 48.5 Å². The number of carbonyl (C=O) groups is 4. The van der Waals surface area contributed by atoms with E-state index in [-0.39, 0.29) is 48.6 Å². The van der Waals surface area contributed by atoms with Gasteiger partial charge in [-0.3, -0.25) is 38.7 Å². The number of H-pyrrole nitrogens is 2. The van der Waals surface area contributed by atoms with E-state index in [4.69, 9.17) is 0 Å². The lowest BCUT2D eigenvalue weighted by molar-refractivity contribution is -0.116. The zero-order chi connectivity index (χ0) is 41.3. The minimum atomic E-state index is -0.621. The first kappa shape index (κ1) is 39.8. The fraction of sp³-hybridized carbons (Fsp3) is 0.143. The lowest BCUT2D eigenvalue weighted by atomic mass is 10.0. The van der Waals surface area contributed by atoms with Crippen molar-refractivity contribution in [2.75, 3.05) is 10.6 Å². The lowest BCUT2D eigenvalue weighted by Gasteiger charge is -2.09. The number of carbonyl (C=O) groups excluding carboxylic acids is 4. The van der Waals surface area contributed by atoms with Crippen LogP contribution in [0.25, 0.3) is 0 Å². The van der Waals surface area contributed by atoms with Crippen LogP contribution in [0.2, 0.25) is 0 Å². The molecule has 2 aromatic heterocycles. The van der Waals surface area contributed by atoms with E-state index >= 15 is 0 Å². The van der Waals surface area contributed by atoms with Gasteiger partial charge in [-0.15, -0.1) is 0 Å². The quantitative estimate of drug-likeness (QED) is 0.0928. The zero-order valence-corrected chi connectivity index (χ0v) is 31.3. The standard InChI is InChI=1S/C42H36N8O8/c1-49-33(23-39(55)45-41(49)57)21-37(53)43-31-7-3-5-27(19-31)35(51)17-25-9-13-29(14-10-25)47-48-30-15-11-26(12-16-30)18-36(52)28-6-4-8-32(20-28)44-38(54)22-34-24-40(56)46-42(58)50(34)2/h3-16,19-20,23-24H,17-18,21-22H2,1-2H3,(H,43,53)(H,44,54)(H,45,55,57)(H,46,56,58). The molecule has 0 spiro atoms. The molecule has 6 aromatic rings. The zero-order valence-electron chi connectivity index (χ0n) is 31.3. The van der Waals surface area contributed by atoms with Crippen molar-refractivity contribution in [2.24, 2.45) is 24.3 Å². The van der Waals surface area contributed by atoms with Gasteiger partial charge in [-0.2, -0.15) is 10.2 Å². The van der Waals surface area contributed by atoms with E-state index in [1.807, 2.05) is 0 Å². The second kappa shape index (κ2) is 17.7. The number of hydrogen-bond acceptors (Lipinski definition) is 10. The van der Waals surface area contributed by atoms with Crippen LogP contribution in [-0.2, 0) is 49.4 Å². The minimum absolute atomic E-state index is 0.101. The maximum absolute atomic E-state index is 13.1. The molecule has 4 N–H and O–H groups in total. The van der Waals surface area contributed by atoms with Crippen LogP contribution in [-0.4, -0.2) is 42.5 Å². The fourth-order valence-electron chi connectivity index (χ4n) is 5.88. The van der Waals surface area contributed by atoms with Crippen molar-refractivity contribution in [3.8, 4) is 0 Å². The van der Waals surface area contributed by atoms with Gasteiger partial charge >= 0.3 is 11.4 Å². The molecule has 0 atom stereocenters. The van der Waals surface area contributed by atoms with E-state index in [9.17, 15) is 38.4 Å². The van der Waals surface area contributed by atoms with Crippen LogP contribution in [0.5, 0.6) is 0 Å². The normalized spacial score (nSPS) is 11.0. The van der Waals surface area contributed by atoms with E-state index in [0.717, 1.165) is 11.1 Å². The number of benzene rings is 4. The number of anilines is 2. The number of azo groups is 1. The second-order valence-electron chi connectivity index (χ2n) is 13.3. The molecule has 0 saturated carbocycles. The van der Waals surface area contributed by atoms with Crippen LogP contribution in [0.3, 0.4) is 0 Å². The predicted octanol–water partition coefficient (Wildman–Crippen LogP) is 4.09. The predicted molar refractivity (Wildman–Crippen MR) is 215 cm³/mol. The summed E-state index contributed by atoms with van der Waals surface area (Å²) >= 11 is 0. The molecular weight excluding hydrogens is 745 g/mol. The van der Waals surface area contributed by atoms with Gasteiger partial charge in [0.2, 0.25) is 11.8 Å². The molecule has 0 unspecified atom stereocenters. The molecule has 0 radical (unpaired) electrons. The molecule has 4 aromatic carbocycles. The van der Waals surface area contributed by atoms with E-state index in [0.29, 0.717) is 33.9 Å². The van der Waals surface area contributed by atoms with Gasteiger partial charge < -0.3 is 19.8 Å². The molecular formula is C42H36N8O8. The van der Waals surface area contributed by atoms with E-state index in [1.54, 1.807) is 97.1 Å². The Labute approximate surface area is 329 Å². The number of rotatable bonds is 14. The van der Waals surface area contributed by atoms with Crippen molar-refractivity contribution in [2.45, 2.75) is 25.7 Å². The van der Waals surface area contributed by atoms with Crippen LogP contribution >= 0.6 is 0 Å². The molecule has 292 valence electrons. The molecule has 2 heterocycles. The third-order valence-electron chi connectivity index (χ3n) is 9.03. The Kier molecular flexibility index (Phi) is 12.2. The third-order valence-corrected chi connectivity index (χ3v) is 9.03. The molecule has 0 aliphatic carbocycles. The first-order chi connectivity index (χ1) is 27.8. The largest absolute Gasteiger partial charge is 0.328 e. The summed E-state index contributed by atoms with van der Waals surface area (Å²) in [7, 11) is 2.90. The average molecular weight is 781 g/mol. The minimum Gasteiger partial charge on any atom is -0.326 e. The van der Waals surface area contributed by atoms with Gasteiger partial charge in [0.05, 0.1) is 24.2 Å². The monoisotopic (exact) mass is 780 g/mol. The topological polar surface area (TPSA) is 227 Å². The van der Waals surface area contributed by atoms with Gasteiger partial charge in [0.1, 0.15) is 0 Å². The summed E-state index contributed by atoms with van der Waals surface area (Å²) in [6, 6.07) is 29.4. The van der Waals surface area contributed by atoms with E-state index in [1.165, 1.54) is 35.4 Å². The van der Waals surface area contributed by atoms with E-state index < -0.39 is 34.3 Å². The number of ketones is 2. The molecule has 0 bridgehead atoms. The van der Waals surface area contributed by atoms with Crippen LogP contribution in [0.4, 0.5) is 22.7 Å². The smallest absolute Gasteiger partial charge is 0.326 e. The van der Waals surface area contributed by atoms with Crippen LogP contribution in [0, 0.1) is 0 Å². The second-order valence-corrected chi connectivity index (χ2v) is 13.3. The number of nitrogens with one attached hydrogen (secondary N) is 4. The number of nitrogens with zero attached hydrogens (tertiary/aromatic N) is 4. The Morgan fingerprint density at radius 3 is 1.28 bits per heavy atom. The highest BCUT2D eigenvalue weighted by Gasteiger charge is 2.14. The van der Waals surface area contributed by atoms with Crippen molar-refractivity contribution in [3.05, 3.63) is 185 Å². The summed E-state index contributed by atoms with van der Waals surface area (Å²) in [4.78, 5) is 103. The number of aromatic nitrogens is 4. The summed E-state index contributed by atoms with van der Waals surface area (Å²) in [5.41, 5.74) is 2.24. The number of amides is 2. The summed E-state index contributed by atoms with van der Waals surface area (Å²) < 4.78 is 2.37. The van der Waals surface area contributed by atoms with Gasteiger partial charge in [-0.25, -0.2) is 9.59 Å². The maximum atomic E-state index is 13.1. The van der Waals surface area contributed by atoms with Crippen molar-refractivity contribution in [1.29, 1.82) is 0 Å². The maximum Gasteiger partial charge on any atom is 0.328 e. The molecule has 6 rings (SSSR count). The summed E-state index contributed by atoms with van der Waals surface area (Å²) in [5.74, 6) is -1.26. The Hall–Kier alpha value is -7.88. The highest BCUT2D eigenvalue weighted by molar-refractivity contribution is 6.00. The summed E-state index contributed by atoms with van der Waals surface area (Å²) in [5, 5.41) is 14.0. The Morgan fingerprint density at radius 1 is 0.517 bits per heavy atom. The highest BCUT2D eigenvalue weighted by Crippen LogP contribution is 2.22. The molecule has 16 heteroatoms. The van der Waals surface area contributed by atoms with Crippen LogP contribution in [0.1, 0.15) is 43.2 Å². The van der Waals surface area contributed by atoms with Crippen LogP contribution < -0.4 is 33.1 Å². The molecule has 58 heavy (non-hydrogen) atoms. The SMILES string of the molecule is Cn1c(CC(=O)Nc2cccc(C(=O)Cc3ccc(N=Nc4ccc(CC(=O)c5cccc(NC(=O)Cc6cc(=O)[nH]c(=O)n6C)c5)cc4)cc3)c2)cc(=O)[nH]c1=O. The van der Waals surface area contributed by atoms with Crippen molar-refractivity contribution < 1.29 is 19.2 Å². The third kappa shape index (κ3) is 10.4. The Morgan fingerprint density at radius 2 is 0.897 bits per heavy atom. The van der Waals surface area contributed by atoms with Gasteiger partial charge in [-0.05, 0) is 59.7 Å². The van der Waals surface area contributed by atoms with E-state index in [2.05, 4.69) is 30.8 Å². The fourth-order valence-corrected chi connectivity index (χ4v) is 5.88. The Bertz CT molecular complexity index is 2620. The average Bonchev–Trinajstić information content (AvgIpc) is 3.19. The molecule has 2 amide bonds. The molecule has 0 aliphatic heterocycles. The van der Waals surface area contributed by atoms with Crippen LogP contribution in [0.15, 0.2) is 139 Å². The number of aromatic amines is 2. The van der Waals surface area contributed by atoms with Crippen molar-refractivity contribution in [3.63, 3.8) is 0 Å². The van der Waals surface area contributed by atoms with Crippen molar-refractivity contribution >= 4 is 46.1 Å². The lowest BCUT2D eigenvalue weighted by Crippen LogP contribution is -2.31.